The molecule has 1 aliphatic rings. The second-order valence-electron chi connectivity index (χ2n) is 5.25. The summed E-state index contributed by atoms with van der Waals surface area (Å²) in [5.74, 6) is 0.537. The zero-order valence-corrected chi connectivity index (χ0v) is 12.3. The molecule has 0 unspecified atom stereocenters. The number of fused-ring (bicyclic) bond motifs is 1. The van der Waals surface area contributed by atoms with E-state index in [9.17, 15) is 18.3 Å². The molecule has 1 N–H and O–H groups in total. The van der Waals surface area contributed by atoms with Crippen LogP contribution < -0.4 is 4.74 Å². The van der Waals surface area contributed by atoms with Gasteiger partial charge in [0.05, 0.1) is 25.8 Å². The molecule has 2 aromatic carbocycles. The second kappa shape index (κ2) is 5.70. The molecule has 0 atom stereocenters. The number of aliphatic imine (C=N–C) groups is 1. The molecule has 0 saturated carbocycles. The maximum Gasteiger partial charge on any atom is 0.416 e. The maximum absolute atomic E-state index is 13.1. The third-order valence-corrected chi connectivity index (χ3v) is 3.85. The minimum atomic E-state index is -4.43. The number of halogens is 3. The van der Waals surface area contributed by atoms with Crippen LogP contribution in [0.2, 0.25) is 0 Å². The molecular formula is C17H14F3NO2. The molecular weight excluding hydrogens is 307 g/mol. The molecule has 0 bridgehead atoms. The number of aliphatic hydroxyl groups excluding tert-OH is 1. The lowest BCUT2D eigenvalue weighted by atomic mass is 9.91. The second-order valence-corrected chi connectivity index (χ2v) is 5.25. The normalized spacial score (nSPS) is 13.3. The van der Waals surface area contributed by atoms with Crippen molar-refractivity contribution >= 4 is 6.21 Å². The molecule has 2 aromatic rings. The molecule has 23 heavy (non-hydrogen) atoms. The van der Waals surface area contributed by atoms with E-state index in [1.165, 1.54) is 7.11 Å². The summed E-state index contributed by atoms with van der Waals surface area (Å²) in [6, 6.07) is 7.18. The molecule has 0 aromatic heterocycles. The van der Waals surface area contributed by atoms with Gasteiger partial charge in [-0.25, -0.2) is 0 Å². The highest BCUT2D eigenvalue weighted by Gasteiger charge is 2.33. The Morgan fingerprint density at radius 3 is 2.61 bits per heavy atom. The van der Waals surface area contributed by atoms with Crippen LogP contribution in [-0.2, 0) is 19.3 Å². The van der Waals surface area contributed by atoms with Gasteiger partial charge in [0.2, 0.25) is 0 Å². The minimum absolute atomic E-state index is 0.233. The van der Waals surface area contributed by atoms with Crippen LogP contribution in [0.4, 0.5) is 13.2 Å². The van der Waals surface area contributed by atoms with Gasteiger partial charge < -0.3 is 9.84 Å². The molecule has 120 valence electrons. The summed E-state index contributed by atoms with van der Waals surface area (Å²) in [5.41, 5.74) is 1.96. The summed E-state index contributed by atoms with van der Waals surface area (Å²) in [6.45, 7) is -0.0639. The van der Waals surface area contributed by atoms with Crippen LogP contribution in [0.15, 0.2) is 35.3 Å². The predicted molar refractivity (Wildman–Crippen MR) is 80.7 cm³/mol. The Hall–Kier alpha value is -2.34. The van der Waals surface area contributed by atoms with Crippen LogP contribution in [-0.4, -0.2) is 18.4 Å². The Bertz CT molecular complexity index is 782. The monoisotopic (exact) mass is 321 g/mol. The van der Waals surface area contributed by atoms with Gasteiger partial charge in [-0.05, 0) is 46.5 Å². The topological polar surface area (TPSA) is 41.8 Å². The smallest absolute Gasteiger partial charge is 0.416 e. The van der Waals surface area contributed by atoms with E-state index in [0.29, 0.717) is 33.6 Å². The molecule has 0 radical (unpaired) electrons. The number of hydrogen-bond acceptors (Lipinski definition) is 3. The highest BCUT2D eigenvalue weighted by molar-refractivity contribution is 5.95. The fourth-order valence-corrected chi connectivity index (χ4v) is 2.71. The summed E-state index contributed by atoms with van der Waals surface area (Å²) in [4.78, 5) is 4.07. The highest BCUT2D eigenvalue weighted by atomic mass is 19.4. The van der Waals surface area contributed by atoms with E-state index in [2.05, 4.69) is 4.99 Å². The van der Waals surface area contributed by atoms with Gasteiger partial charge in [-0.15, -0.1) is 0 Å². The van der Waals surface area contributed by atoms with Crippen LogP contribution >= 0.6 is 0 Å². The molecule has 3 rings (SSSR count). The van der Waals surface area contributed by atoms with E-state index >= 15 is 0 Å². The molecule has 0 spiro atoms. The van der Waals surface area contributed by atoms with E-state index in [0.717, 1.165) is 12.1 Å². The van der Waals surface area contributed by atoms with Crippen LogP contribution in [0.3, 0.4) is 0 Å². The molecule has 0 amide bonds. The predicted octanol–water partition coefficient (Wildman–Crippen LogP) is 3.81. The third-order valence-electron chi connectivity index (χ3n) is 3.85. The van der Waals surface area contributed by atoms with Gasteiger partial charge in [-0.3, -0.25) is 4.99 Å². The average Bonchev–Trinajstić information content (AvgIpc) is 3.01. The van der Waals surface area contributed by atoms with Crippen molar-refractivity contribution in [3.8, 4) is 16.9 Å². The third kappa shape index (κ3) is 2.82. The van der Waals surface area contributed by atoms with Crippen molar-refractivity contribution in [2.24, 2.45) is 4.99 Å². The molecule has 0 saturated heterocycles. The lowest BCUT2D eigenvalue weighted by Crippen LogP contribution is -2.07. The SMILES string of the molecule is COc1ccc(-c2cc(C(F)(F)F)cc3c2C=NC3)c(CO)c1. The van der Waals surface area contributed by atoms with E-state index in [4.69, 9.17) is 4.74 Å². The summed E-state index contributed by atoms with van der Waals surface area (Å²) >= 11 is 0. The average molecular weight is 321 g/mol. The number of methoxy groups -OCH3 is 1. The van der Waals surface area contributed by atoms with Gasteiger partial charge in [-0.1, -0.05) is 6.07 Å². The van der Waals surface area contributed by atoms with Gasteiger partial charge in [0.15, 0.2) is 0 Å². The van der Waals surface area contributed by atoms with Gasteiger partial charge in [0.25, 0.3) is 0 Å². The lowest BCUT2D eigenvalue weighted by molar-refractivity contribution is -0.137. The van der Waals surface area contributed by atoms with E-state index in [1.54, 1.807) is 24.4 Å². The van der Waals surface area contributed by atoms with Crippen molar-refractivity contribution in [3.05, 3.63) is 52.6 Å². The first-order valence-corrected chi connectivity index (χ1v) is 6.96. The van der Waals surface area contributed by atoms with E-state index in [1.807, 2.05) is 0 Å². The maximum atomic E-state index is 13.1. The number of benzene rings is 2. The van der Waals surface area contributed by atoms with Crippen molar-refractivity contribution < 1.29 is 23.0 Å². The van der Waals surface area contributed by atoms with Gasteiger partial charge >= 0.3 is 6.18 Å². The Kier molecular flexibility index (Phi) is 3.85. The van der Waals surface area contributed by atoms with Gasteiger partial charge in [0.1, 0.15) is 5.75 Å². The zero-order valence-electron chi connectivity index (χ0n) is 12.3. The summed E-state index contributed by atoms with van der Waals surface area (Å²) in [7, 11) is 1.49. The zero-order chi connectivity index (χ0) is 16.6. The number of rotatable bonds is 3. The first-order chi connectivity index (χ1) is 10.9. The Balaban J connectivity index is 2.24. The van der Waals surface area contributed by atoms with Crippen molar-refractivity contribution in [1.82, 2.24) is 0 Å². The molecule has 3 nitrogen and oxygen atoms in total. The quantitative estimate of drug-likeness (QED) is 0.934. The first-order valence-electron chi connectivity index (χ1n) is 6.96. The van der Waals surface area contributed by atoms with Crippen LogP contribution in [0.5, 0.6) is 5.75 Å². The van der Waals surface area contributed by atoms with Crippen molar-refractivity contribution in [1.29, 1.82) is 0 Å². The number of ether oxygens (including phenoxy) is 1. The number of hydrogen-bond donors (Lipinski definition) is 1. The van der Waals surface area contributed by atoms with Gasteiger partial charge in [-0.2, -0.15) is 13.2 Å². The fourth-order valence-electron chi connectivity index (χ4n) is 2.71. The summed E-state index contributed by atoms with van der Waals surface area (Å²) in [5, 5.41) is 9.57. The van der Waals surface area contributed by atoms with Crippen molar-refractivity contribution in [2.45, 2.75) is 19.3 Å². The molecule has 0 fully saturated rings. The molecule has 6 heteroatoms. The molecule has 1 aliphatic heterocycles. The Morgan fingerprint density at radius 2 is 1.96 bits per heavy atom. The van der Waals surface area contributed by atoms with Crippen LogP contribution in [0, 0.1) is 0 Å². The Labute approximate surface area is 131 Å². The van der Waals surface area contributed by atoms with Gasteiger partial charge in [0, 0.05) is 11.8 Å². The molecule has 0 aliphatic carbocycles. The molecule has 1 heterocycles. The van der Waals surface area contributed by atoms with Crippen LogP contribution in [0.1, 0.15) is 22.3 Å². The fraction of sp³-hybridized carbons (Fsp3) is 0.235. The highest BCUT2D eigenvalue weighted by Crippen LogP contribution is 2.38. The number of alkyl halides is 3. The van der Waals surface area contributed by atoms with Crippen molar-refractivity contribution in [3.63, 3.8) is 0 Å². The first kappa shape index (κ1) is 15.6. The summed E-state index contributed by atoms with van der Waals surface area (Å²) in [6.07, 6.45) is -2.85. The Morgan fingerprint density at radius 1 is 1.17 bits per heavy atom. The number of nitrogens with zero attached hydrogens (tertiary/aromatic N) is 1. The largest absolute Gasteiger partial charge is 0.497 e. The number of aliphatic hydroxyl groups is 1. The summed E-state index contributed by atoms with van der Waals surface area (Å²) < 4.78 is 44.5. The lowest BCUT2D eigenvalue weighted by Gasteiger charge is -2.16. The van der Waals surface area contributed by atoms with E-state index < -0.39 is 11.7 Å². The minimum Gasteiger partial charge on any atom is -0.497 e. The standard InChI is InChI=1S/C17H14F3NO2/c1-23-13-2-3-14(11(5-13)9-22)15-6-12(17(18,19)20)4-10-7-21-8-16(10)15/h2-6,8,22H,7,9H2,1H3. The van der Waals surface area contributed by atoms with E-state index in [-0.39, 0.29) is 13.2 Å². The van der Waals surface area contributed by atoms with Crippen molar-refractivity contribution in [2.75, 3.05) is 7.11 Å². The van der Waals surface area contributed by atoms with Crippen LogP contribution in [0.25, 0.3) is 11.1 Å².